The number of benzene rings is 1. The van der Waals surface area contributed by atoms with Gasteiger partial charge in [0.2, 0.25) is 0 Å². The SMILES string of the molecule is C[C@H](Br)C(=O)NNC(=O)c1cccc(C(=O)NNC(=O)[C@H](C)Br)c1. The zero-order valence-electron chi connectivity index (χ0n) is 12.9. The summed E-state index contributed by atoms with van der Waals surface area (Å²) >= 11 is 6.12. The molecule has 130 valence electrons. The topological polar surface area (TPSA) is 116 Å². The average Bonchev–Trinajstić information content (AvgIpc) is 2.56. The van der Waals surface area contributed by atoms with Gasteiger partial charge in [-0.3, -0.25) is 40.9 Å². The van der Waals surface area contributed by atoms with Crippen LogP contribution in [0.15, 0.2) is 24.3 Å². The molecule has 0 aliphatic carbocycles. The lowest BCUT2D eigenvalue weighted by atomic mass is 10.1. The highest BCUT2D eigenvalue weighted by atomic mass is 79.9. The third-order valence-electron chi connectivity index (χ3n) is 2.71. The molecule has 0 radical (unpaired) electrons. The Balaban J connectivity index is 2.68. The van der Waals surface area contributed by atoms with Crippen molar-refractivity contribution >= 4 is 55.5 Å². The molecule has 0 fully saturated rings. The van der Waals surface area contributed by atoms with Crippen LogP contribution in [0.2, 0.25) is 0 Å². The van der Waals surface area contributed by atoms with Crippen molar-refractivity contribution in [1.82, 2.24) is 21.7 Å². The van der Waals surface area contributed by atoms with Gasteiger partial charge in [0, 0.05) is 11.1 Å². The highest BCUT2D eigenvalue weighted by molar-refractivity contribution is 9.10. The fourth-order valence-corrected chi connectivity index (χ4v) is 1.61. The molecular formula is C14H16Br2N4O4. The molecule has 0 bridgehead atoms. The highest BCUT2D eigenvalue weighted by Gasteiger charge is 2.14. The van der Waals surface area contributed by atoms with E-state index in [1.807, 2.05) is 0 Å². The van der Waals surface area contributed by atoms with Gasteiger partial charge in [-0.25, -0.2) is 0 Å². The van der Waals surface area contributed by atoms with Gasteiger partial charge in [-0.2, -0.15) is 0 Å². The average molecular weight is 464 g/mol. The van der Waals surface area contributed by atoms with Crippen LogP contribution in [-0.2, 0) is 9.59 Å². The molecule has 2 atom stereocenters. The van der Waals surface area contributed by atoms with Crippen molar-refractivity contribution in [3.8, 4) is 0 Å². The monoisotopic (exact) mass is 462 g/mol. The Labute approximate surface area is 155 Å². The van der Waals surface area contributed by atoms with E-state index in [4.69, 9.17) is 0 Å². The summed E-state index contributed by atoms with van der Waals surface area (Å²) in [5, 5.41) is 0. The van der Waals surface area contributed by atoms with Crippen LogP contribution in [0.4, 0.5) is 0 Å². The van der Waals surface area contributed by atoms with Gasteiger partial charge < -0.3 is 0 Å². The molecule has 0 aliphatic heterocycles. The van der Waals surface area contributed by atoms with Crippen LogP contribution in [0.1, 0.15) is 34.6 Å². The van der Waals surface area contributed by atoms with Crippen molar-refractivity contribution in [3.05, 3.63) is 35.4 Å². The van der Waals surface area contributed by atoms with Crippen LogP contribution in [-0.4, -0.2) is 33.3 Å². The number of halogens is 2. The molecule has 0 aromatic heterocycles. The fourth-order valence-electron chi connectivity index (χ4n) is 1.38. The van der Waals surface area contributed by atoms with Crippen LogP contribution in [0, 0.1) is 0 Å². The van der Waals surface area contributed by atoms with E-state index in [9.17, 15) is 19.2 Å². The first-order valence-electron chi connectivity index (χ1n) is 6.81. The molecule has 0 heterocycles. The van der Waals surface area contributed by atoms with Gasteiger partial charge >= 0.3 is 0 Å². The van der Waals surface area contributed by atoms with E-state index in [0.717, 1.165) is 0 Å². The van der Waals surface area contributed by atoms with E-state index in [0.29, 0.717) is 0 Å². The van der Waals surface area contributed by atoms with Gasteiger partial charge in [0.1, 0.15) is 0 Å². The van der Waals surface area contributed by atoms with E-state index in [-0.39, 0.29) is 11.1 Å². The molecule has 0 spiro atoms. The number of hydrogen-bond acceptors (Lipinski definition) is 4. The number of amides is 4. The summed E-state index contributed by atoms with van der Waals surface area (Å²) in [4.78, 5) is 45.7. The predicted octanol–water partition coefficient (Wildman–Crippen LogP) is 0.775. The van der Waals surface area contributed by atoms with Gasteiger partial charge in [-0.05, 0) is 32.0 Å². The van der Waals surface area contributed by atoms with Gasteiger partial charge in [0.05, 0.1) is 9.65 Å². The summed E-state index contributed by atoms with van der Waals surface area (Å²) in [6.07, 6.45) is 0. The molecule has 4 N–H and O–H groups in total. The van der Waals surface area contributed by atoms with Crippen LogP contribution in [0.5, 0.6) is 0 Å². The molecule has 1 aromatic carbocycles. The third kappa shape index (κ3) is 6.28. The van der Waals surface area contributed by atoms with E-state index in [2.05, 4.69) is 53.6 Å². The molecule has 10 heteroatoms. The summed E-state index contributed by atoms with van der Waals surface area (Å²) in [7, 11) is 0. The molecule has 8 nitrogen and oxygen atoms in total. The molecule has 0 saturated heterocycles. The highest BCUT2D eigenvalue weighted by Crippen LogP contribution is 2.05. The Morgan fingerprint density at radius 3 is 1.50 bits per heavy atom. The van der Waals surface area contributed by atoms with E-state index < -0.39 is 33.3 Å². The van der Waals surface area contributed by atoms with Crippen LogP contribution in [0.25, 0.3) is 0 Å². The Morgan fingerprint density at radius 1 is 0.792 bits per heavy atom. The summed E-state index contributed by atoms with van der Waals surface area (Å²) in [5.74, 6) is -1.98. The first-order chi connectivity index (χ1) is 11.2. The lowest BCUT2D eigenvalue weighted by Crippen LogP contribution is -2.45. The van der Waals surface area contributed by atoms with Crippen molar-refractivity contribution in [2.75, 3.05) is 0 Å². The van der Waals surface area contributed by atoms with Crippen LogP contribution >= 0.6 is 31.9 Å². The number of hydrazine groups is 2. The first-order valence-corrected chi connectivity index (χ1v) is 8.64. The first kappa shape index (κ1) is 20.1. The van der Waals surface area contributed by atoms with Gasteiger partial charge in [0.15, 0.2) is 0 Å². The van der Waals surface area contributed by atoms with Crippen molar-refractivity contribution in [2.24, 2.45) is 0 Å². The van der Waals surface area contributed by atoms with Gasteiger partial charge in [-0.1, -0.05) is 37.9 Å². The van der Waals surface area contributed by atoms with Gasteiger partial charge in [0.25, 0.3) is 23.6 Å². The number of carbonyl (C=O) groups excluding carboxylic acids is 4. The predicted molar refractivity (Wildman–Crippen MR) is 94.4 cm³/mol. The quantitative estimate of drug-likeness (QED) is 0.390. The van der Waals surface area contributed by atoms with Crippen LogP contribution < -0.4 is 21.7 Å². The third-order valence-corrected chi connectivity index (χ3v) is 3.54. The minimum absolute atomic E-state index is 0.172. The number of alkyl halides is 2. The smallest absolute Gasteiger partial charge is 0.269 e. The number of hydrogen-bond donors (Lipinski definition) is 4. The molecule has 0 saturated carbocycles. The minimum atomic E-state index is -0.579. The maximum absolute atomic E-state index is 12.0. The number of rotatable bonds is 4. The Kier molecular flexibility index (Phi) is 7.86. The lowest BCUT2D eigenvalue weighted by Gasteiger charge is -2.10. The largest absolute Gasteiger partial charge is 0.272 e. The van der Waals surface area contributed by atoms with Gasteiger partial charge in [-0.15, -0.1) is 0 Å². The zero-order valence-corrected chi connectivity index (χ0v) is 16.0. The molecule has 1 aromatic rings. The van der Waals surface area contributed by atoms with E-state index in [1.54, 1.807) is 13.8 Å². The van der Waals surface area contributed by atoms with Crippen molar-refractivity contribution in [3.63, 3.8) is 0 Å². The second-order valence-corrected chi connectivity index (χ2v) is 7.45. The molecule has 1 rings (SSSR count). The Hall–Kier alpha value is -1.94. The summed E-state index contributed by atoms with van der Waals surface area (Å²) in [6, 6.07) is 5.80. The van der Waals surface area contributed by atoms with E-state index in [1.165, 1.54) is 24.3 Å². The normalized spacial score (nSPS) is 12.5. The zero-order chi connectivity index (χ0) is 18.3. The second-order valence-electron chi connectivity index (χ2n) is 4.70. The van der Waals surface area contributed by atoms with Crippen molar-refractivity contribution in [1.29, 1.82) is 0 Å². The standard InChI is InChI=1S/C14H16Br2N4O4/c1-7(15)11(21)17-19-13(23)9-4-3-5-10(6-9)14(24)20-18-12(22)8(2)16/h3-8H,1-2H3,(H,17,21)(H,18,22)(H,19,23)(H,20,24)/t7-,8-/m0/s1. The number of carbonyl (C=O) groups is 4. The summed E-state index contributed by atoms with van der Waals surface area (Å²) in [5.41, 5.74) is 9.28. The Bertz CT molecular complexity index is 598. The van der Waals surface area contributed by atoms with E-state index >= 15 is 0 Å². The molecule has 4 amide bonds. The molecule has 0 aliphatic rings. The summed E-state index contributed by atoms with van der Waals surface area (Å²) < 4.78 is 0. The molecule has 0 unspecified atom stereocenters. The number of nitrogens with one attached hydrogen (secondary N) is 4. The maximum atomic E-state index is 12.0. The lowest BCUT2D eigenvalue weighted by molar-refractivity contribution is -0.121. The van der Waals surface area contributed by atoms with Crippen molar-refractivity contribution < 1.29 is 19.2 Å². The molecule has 24 heavy (non-hydrogen) atoms. The van der Waals surface area contributed by atoms with Crippen molar-refractivity contribution in [2.45, 2.75) is 23.5 Å². The minimum Gasteiger partial charge on any atom is -0.272 e. The molecular weight excluding hydrogens is 448 g/mol. The van der Waals surface area contributed by atoms with Crippen LogP contribution in [0.3, 0.4) is 0 Å². The maximum Gasteiger partial charge on any atom is 0.269 e. The Morgan fingerprint density at radius 2 is 1.17 bits per heavy atom. The summed E-state index contributed by atoms with van der Waals surface area (Å²) in [6.45, 7) is 3.21. The second kappa shape index (κ2) is 9.38. The fraction of sp³-hybridized carbons (Fsp3) is 0.286.